The first-order chi connectivity index (χ1) is 24.3. The van der Waals surface area contributed by atoms with Crippen molar-refractivity contribution in [1.82, 2.24) is 4.98 Å². The lowest BCUT2D eigenvalue weighted by atomic mass is 9.91. The Balaban J connectivity index is 1.19. The van der Waals surface area contributed by atoms with Crippen LogP contribution in [0.25, 0.3) is 99.0 Å². The first-order valence-corrected chi connectivity index (χ1v) is 16.7. The molecule has 10 aromatic rings. The van der Waals surface area contributed by atoms with E-state index in [-0.39, 0.29) is 0 Å². The zero-order valence-electron chi connectivity index (χ0n) is 26.6. The van der Waals surface area contributed by atoms with Gasteiger partial charge in [-0.1, -0.05) is 140 Å². The Bertz CT molecular complexity index is 2870. The lowest BCUT2D eigenvalue weighted by Gasteiger charge is -2.14. The third-order valence-corrected chi connectivity index (χ3v) is 9.86. The summed E-state index contributed by atoms with van der Waals surface area (Å²) in [6, 6.07) is 62.6. The van der Waals surface area contributed by atoms with E-state index in [4.69, 9.17) is 9.40 Å². The van der Waals surface area contributed by atoms with E-state index in [1.54, 1.807) is 0 Å². The van der Waals surface area contributed by atoms with Crippen LogP contribution in [-0.4, -0.2) is 4.98 Å². The number of aromatic nitrogens is 1. The molecule has 0 saturated heterocycles. The summed E-state index contributed by atoms with van der Waals surface area (Å²) in [7, 11) is 0. The van der Waals surface area contributed by atoms with Crippen LogP contribution in [0.15, 0.2) is 180 Å². The minimum Gasteiger partial charge on any atom is -0.455 e. The van der Waals surface area contributed by atoms with E-state index in [0.717, 1.165) is 60.6 Å². The molecule has 0 amide bonds. The van der Waals surface area contributed by atoms with Gasteiger partial charge in [-0.05, 0) is 80.4 Å². The number of rotatable bonds is 4. The van der Waals surface area contributed by atoms with Crippen molar-refractivity contribution in [3.63, 3.8) is 0 Å². The molecule has 0 aliphatic heterocycles. The van der Waals surface area contributed by atoms with Crippen molar-refractivity contribution in [3.8, 4) is 44.6 Å². The summed E-state index contributed by atoms with van der Waals surface area (Å²) < 4.78 is 6.40. The number of benzene rings is 8. The maximum Gasteiger partial charge on any atom is 0.143 e. The fourth-order valence-corrected chi connectivity index (χ4v) is 7.46. The predicted molar refractivity (Wildman–Crippen MR) is 206 cm³/mol. The molecule has 0 radical (unpaired) electrons. The second-order valence-electron chi connectivity index (χ2n) is 12.7. The van der Waals surface area contributed by atoms with E-state index in [2.05, 4.69) is 164 Å². The molecule has 2 heterocycles. The lowest BCUT2D eigenvalue weighted by Crippen LogP contribution is -1.91. The first-order valence-electron chi connectivity index (χ1n) is 16.7. The van der Waals surface area contributed by atoms with Gasteiger partial charge in [0.2, 0.25) is 0 Å². The molecular formula is C47H29NO. The maximum absolute atomic E-state index is 6.40. The highest BCUT2D eigenvalue weighted by Crippen LogP contribution is 2.40. The standard InChI is InChI=1S/C47H29NO/c1-3-11-30(12-4-1)32-21-23-37-38-24-22-33(31-13-5-2-6-14-31)29-43(38)46-40(42(37)28-32)25-26-44(48-46)35-16-9-15-34(27-35)36-18-10-19-41-39-17-7-8-20-45(39)49-47(36)41/h1-29H. The number of hydrogen-bond donors (Lipinski definition) is 0. The van der Waals surface area contributed by atoms with Crippen LogP contribution in [-0.2, 0) is 0 Å². The van der Waals surface area contributed by atoms with Crippen molar-refractivity contribution in [1.29, 1.82) is 0 Å². The van der Waals surface area contributed by atoms with Gasteiger partial charge in [-0.15, -0.1) is 0 Å². The van der Waals surface area contributed by atoms with E-state index in [1.807, 2.05) is 12.1 Å². The van der Waals surface area contributed by atoms with E-state index < -0.39 is 0 Å². The third kappa shape index (κ3) is 4.53. The molecule has 0 bridgehead atoms. The van der Waals surface area contributed by atoms with Crippen LogP contribution in [0, 0.1) is 0 Å². The Morgan fingerprint density at radius 1 is 0.327 bits per heavy atom. The van der Waals surface area contributed by atoms with E-state index >= 15 is 0 Å². The summed E-state index contributed by atoms with van der Waals surface area (Å²) in [5.74, 6) is 0. The fourth-order valence-electron chi connectivity index (χ4n) is 7.46. The highest BCUT2D eigenvalue weighted by Gasteiger charge is 2.16. The van der Waals surface area contributed by atoms with Gasteiger partial charge < -0.3 is 4.42 Å². The summed E-state index contributed by atoms with van der Waals surface area (Å²) in [4.78, 5) is 5.47. The number of para-hydroxylation sites is 2. The van der Waals surface area contributed by atoms with Crippen molar-refractivity contribution in [2.24, 2.45) is 0 Å². The molecule has 0 unspecified atom stereocenters. The van der Waals surface area contributed by atoms with Gasteiger partial charge in [0, 0.05) is 32.7 Å². The van der Waals surface area contributed by atoms with Gasteiger partial charge in [0.25, 0.3) is 0 Å². The van der Waals surface area contributed by atoms with Gasteiger partial charge in [0.15, 0.2) is 0 Å². The minimum atomic E-state index is 0.904. The molecule has 0 aliphatic carbocycles. The topological polar surface area (TPSA) is 26.0 Å². The Kier molecular flexibility index (Phi) is 6.22. The summed E-state index contributed by atoms with van der Waals surface area (Å²) in [6.45, 7) is 0. The number of nitrogens with zero attached hydrogens (tertiary/aromatic N) is 1. The number of pyridine rings is 1. The molecule has 0 aliphatic rings. The van der Waals surface area contributed by atoms with Crippen molar-refractivity contribution >= 4 is 54.4 Å². The molecule has 10 rings (SSSR count). The minimum absolute atomic E-state index is 0.904. The van der Waals surface area contributed by atoms with Gasteiger partial charge in [0.05, 0.1) is 11.2 Å². The average molecular weight is 624 g/mol. The van der Waals surface area contributed by atoms with Gasteiger partial charge in [-0.25, -0.2) is 4.98 Å². The number of hydrogen-bond acceptors (Lipinski definition) is 2. The van der Waals surface area contributed by atoms with Crippen LogP contribution in [0.1, 0.15) is 0 Å². The molecule has 2 aromatic heterocycles. The van der Waals surface area contributed by atoms with E-state index in [1.165, 1.54) is 38.4 Å². The van der Waals surface area contributed by atoms with Gasteiger partial charge in [-0.3, -0.25) is 0 Å². The highest BCUT2D eigenvalue weighted by molar-refractivity contribution is 6.25. The van der Waals surface area contributed by atoms with Gasteiger partial charge in [0.1, 0.15) is 11.2 Å². The van der Waals surface area contributed by atoms with Crippen molar-refractivity contribution < 1.29 is 4.42 Å². The molecule has 0 saturated carbocycles. The number of fused-ring (bicyclic) bond motifs is 9. The molecule has 0 fully saturated rings. The molecule has 0 atom stereocenters. The van der Waals surface area contributed by atoms with Gasteiger partial charge in [-0.2, -0.15) is 0 Å². The van der Waals surface area contributed by atoms with Crippen LogP contribution in [0.4, 0.5) is 0 Å². The second kappa shape index (κ2) is 11.0. The molecule has 0 N–H and O–H groups in total. The summed E-state index contributed by atoms with van der Waals surface area (Å²) in [6.07, 6.45) is 0. The quantitative estimate of drug-likeness (QED) is 0.182. The highest BCUT2D eigenvalue weighted by atomic mass is 16.3. The summed E-state index contributed by atoms with van der Waals surface area (Å²) >= 11 is 0. The van der Waals surface area contributed by atoms with Crippen LogP contribution >= 0.6 is 0 Å². The molecule has 0 spiro atoms. The molecule has 2 nitrogen and oxygen atoms in total. The average Bonchev–Trinajstić information content (AvgIpc) is 3.57. The fraction of sp³-hybridized carbons (Fsp3) is 0. The summed E-state index contributed by atoms with van der Waals surface area (Å²) in [5.41, 5.74) is 11.8. The van der Waals surface area contributed by atoms with Crippen molar-refractivity contribution in [3.05, 3.63) is 176 Å². The first kappa shape index (κ1) is 27.6. The van der Waals surface area contributed by atoms with Crippen LogP contribution < -0.4 is 0 Å². The Hall–Kier alpha value is -6.51. The van der Waals surface area contributed by atoms with Crippen molar-refractivity contribution in [2.75, 3.05) is 0 Å². The number of furan rings is 1. The van der Waals surface area contributed by atoms with Crippen LogP contribution in [0.5, 0.6) is 0 Å². The van der Waals surface area contributed by atoms with Gasteiger partial charge >= 0.3 is 0 Å². The third-order valence-electron chi connectivity index (χ3n) is 9.86. The summed E-state index contributed by atoms with van der Waals surface area (Å²) in [5, 5.41) is 8.22. The smallest absolute Gasteiger partial charge is 0.143 e. The largest absolute Gasteiger partial charge is 0.455 e. The second-order valence-corrected chi connectivity index (χ2v) is 12.7. The molecule has 228 valence electrons. The van der Waals surface area contributed by atoms with Crippen molar-refractivity contribution in [2.45, 2.75) is 0 Å². The Labute approximate surface area is 283 Å². The van der Waals surface area contributed by atoms with Crippen LogP contribution in [0.3, 0.4) is 0 Å². The normalized spacial score (nSPS) is 11.7. The SMILES string of the molecule is c1ccc(-c2ccc3c(c2)c2ccc(-c4cccc(-c5cccc6c5oc5ccccc56)c4)nc2c2cc(-c4ccccc4)ccc32)cc1. The van der Waals surface area contributed by atoms with E-state index in [9.17, 15) is 0 Å². The predicted octanol–water partition coefficient (Wildman–Crippen LogP) is 13.1. The molecule has 8 aromatic carbocycles. The molecule has 49 heavy (non-hydrogen) atoms. The van der Waals surface area contributed by atoms with Crippen LogP contribution in [0.2, 0.25) is 0 Å². The lowest BCUT2D eigenvalue weighted by molar-refractivity contribution is 0.670. The Morgan fingerprint density at radius 2 is 0.918 bits per heavy atom. The molecular weight excluding hydrogens is 595 g/mol. The zero-order valence-corrected chi connectivity index (χ0v) is 26.6. The zero-order chi connectivity index (χ0) is 32.3. The molecule has 2 heteroatoms. The Morgan fingerprint density at radius 3 is 1.69 bits per heavy atom. The van der Waals surface area contributed by atoms with E-state index in [0.29, 0.717) is 0 Å². The maximum atomic E-state index is 6.40. The monoisotopic (exact) mass is 623 g/mol.